The Balaban J connectivity index is 1.76. The zero-order valence-electron chi connectivity index (χ0n) is 16.4. The smallest absolute Gasteiger partial charge is 0.414 e. The van der Waals surface area contributed by atoms with Crippen molar-refractivity contribution in [1.29, 1.82) is 0 Å². The highest BCUT2D eigenvalue weighted by Crippen LogP contribution is 2.29. The monoisotopic (exact) mass is 431 g/mol. The van der Waals surface area contributed by atoms with Gasteiger partial charge in [-0.25, -0.2) is 23.8 Å². The number of hydrogen-bond acceptors (Lipinski definition) is 5. The number of rotatable bonds is 6. The third-order valence-corrected chi connectivity index (χ3v) is 4.41. The van der Waals surface area contributed by atoms with Crippen LogP contribution < -0.4 is 21.4 Å². The zero-order chi connectivity index (χ0) is 22.5. The fourth-order valence-corrected chi connectivity index (χ4v) is 2.97. The van der Waals surface area contributed by atoms with Gasteiger partial charge < -0.3 is 15.8 Å². The summed E-state index contributed by atoms with van der Waals surface area (Å²) in [6, 6.07) is 7.19. The molecule has 1 saturated heterocycles. The summed E-state index contributed by atoms with van der Waals surface area (Å²) in [6.07, 6.45) is -0.132. The van der Waals surface area contributed by atoms with Crippen molar-refractivity contribution >= 4 is 29.9 Å². The Labute approximate surface area is 175 Å². The molecule has 0 saturated carbocycles. The predicted octanol–water partition coefficient (Wildman–Crippen LogP) is 2.10. The van der Waals surface area contributed by atoms with Crippen LogP contribution in [0.2, 0.25) is 0 Å². The van der Waals surface area contributed by atoms with Crippen LogP contribution in [0.25, 0.3) is 11.1 Å². The molecule has 0 aliphatic carbocycles. The third-order valence-electron chi connectivity index (χ3n) is 4.41. The predicted molar refractivity (Wildman–Crippen MR) is 108 cm³/mol. The first-order valence-electron chi connectivity index (χ1n) is 9.15. The lowest BCUT2D eigenvalue weighted by Gasteiger charge is -2.14. The number of hydrazone groups is 1. The number of primary amides is 1. The number of cyclic esters (lactones) is 1. The van der Waals surface area contributed by atoms with Gasteiger partial charge in [0.25, 0.3) is 0 Å². The minimum Gasteiger partial charge on any atom is -0.442 e. The van der Waals surface area contributed by atoms with Crippen LogP contribution in [0.5, 0.6) is 0 Å². The summed E-state index contributed by atoms with van der Waals surface area (Å²) in [4.78, 5) is 34.9. The molecule has 1 aliphatic heterocycles. The molecule has 1 atom stereocenters. The van der Waals surface area contributed by atoms with Crippen LogP contribution in [-0.2, 0) is 9.53 Å². The van der Waals surface area contributed by atoms with Gasteiger partial charge in [-0.1, -0.05) is 6.07 Å². The van der Waals surface area contributed by atoms with Crippen LogP contribution in [0.1, 0.15) is 12.5 Å². The first kappa shape index (κ1) is 21.7. The molecule has 2 aromatic carbocycles. The van der Waals surface area contributed by atoms with Crippen LogP contribution in [0.15, 0.2) is 41.5 Å². The number of anilines is 1. The summed E-state index contributed by atoms with van der Waals surface area (Å²) in [5.41, 5.74) is 7.56. The first-order valence-corrected chi connectivity index (χ1v) is 9.15. The molecule has 31 heavy (non-hydrogen) atoms. The van der Waals surface area contributed by atoms with Crippen molar-refractivity contribution in [1.82, 2.24) is 10.7 Å². The van der Waals surface area contributed by atoms with Gasteiger partial charge >= 0.3 is 12.1 Å². The van der Waals surface area contributed by atoms with E-state index in [9.17, 15) is 23.2 Å². The second kappa shape index (κ2) is 9.20. The lowest BCUT2D eigenvalue weighted by atomic mass is 10.0. The summed E-state index contributed by atoms with van der Waals surface area (Å²) in [7, 11) is 0. The minimum absolute atomic E-state index is 0.0690. The van der Waals surface area contributed by atoms with E-state index in [4.69, 9.17) is 10.5 Å². The van der Waals surface area contributed by atoms with Crippen LogP contribution in [0.4, 0.5) is 24.1 Å². The third kappa shape index (κ3) is 5.32. The average molecular weight is 431 g/mol. The van der Waals surface area contributed by atoms with E-state index in [0.29, 0.717) is 0 Å². The number of urea groups is 1. The maximum absolute atomic E-state index is 14.7. The first-order chi connectivity index (χ1) is 14.7. The van der Waals surface area contributed by atoms with Crippen molar-refractivity contribution in [3.63, 3.8) is 0 Å². The molecule has 3 rings (SSSR count). The van der Waals surface area contributed by atoms with Gasteiger partial charge in [0.1, 0.15) is 17.7 Å². The molecule has 1 heterocycles. The zero-order valence-corrected chi connectivity index (χ0v) is 16.4. The number of nitrogens with zero attached hydrogens (tertiary/aromatic N) is 2. The number of carbonyl (C=O) groups is 3. The highest BCUT2D eigenvalue weighted by molar-refractivity contribution is 5.90. The Hall–Kier alpha value is -4.02. The minimum atomic E-state index is -0.890. The van der Waals surface area contributed by atoms with E-state index in [1.807, 2.05) is 5.43 Å². The molecular weight excluding hydrogens is 412 g/mol. The average Bonchev–Trinajstić information content (AvgIpc) is 3.08. The molecule has 11 heteroatoms. The number of hydrogen-bond donors (Lipinski definition) is 3. The molecule has 1 fully saturated rings. The van der Waals surface area contributed by atoms with E-state index >= 15 is 0 Å². The Morgan fingerprint density at radius 1 is 1.26 bits per heavy atom. The lowest BCUT2D eigenvalue weighted by molar-refractivity contribution is -0.119. The lowest BCUT2D eigenvalue weighted by Crippen LogP contribution is -2.33. The van der Waals surface area contributed by atoms with Crippen molar-refractivity contribution in [2.24, 2.45) is 10.8 Å². The highest BCUT2D eigenvalue weighted by atomic mass is 19.1. The molecule has 0 spiro atoms. The normalized spacial score (nSPS) is 15.8. The van der Waals surface area contributed by atoms with Gasteiger partial charge in [0, 0.05) is 18.1 Å². The van der Waals surface area contributed by atoms with Crippen molar-refractivity contribution in [3.05, 3.63) is 53.6 Å². The Morgan fingerprint density at radius 2 is 2.03 bits per heavy atom. The summed E-state index contributed by atoms with van der Waals surface area (Å²) >= 11 is 0. The molecule has 4 N–H and O–H groups in total. The van der Waals surface area contributed by atoms with Gasteiger partial charge in [-0.05, 0) is 35.9 Å². The summed E-state index contributed by atoms with van der Waals surface area (Å²) in [5.74, 6) is -1.59. The maximum Gasteiger partial charge on any atom is 0.414 e. The quantitative estimate of drug-likeness (QED) is 0.478. The van der Waals surface area contributed by atoms with E-state index in [-0.39, 0.29) is 41.4 Å². The molecule has 0 radical (unpaired) electrons. The fourth-order valence-electron chi connectivity index (χ4n) is 2.97. The molecule has 1 unspecified atom stereocenters. The molecule has 162 valence electrons. The highest BCUT2D eigenvalue weighted by Gasteiger charge is 2.32. The van der Waals surface area contributed by atoms with E-state index < -0.39 is 29.9 Å². The van der Waals surface area contributed by atoms with Gasteiger partial charge in [0.2, 0.25) is 5.91 Å². The number of halogens is 2. The Morgan fingerprint density at radius 3 is 2.68 bits per heavy atom. The van der Waals surface area contributed by atoms with Crippen molar-refractivity contribution in [3.8, 4) is 11.1 Å². The van der Waals surface area contributed by atoms with Crippen LogP contribution >= 0.6 is 0 Å². The van der Waals surface area contributed by atoms with Gasteiger partial charge in [-0.3, -0.25) is 9.69 Å². The molecule has 9 nitrogen and oxygen atoms in total. The molecule has 4 amide bonds. The van der Waals surface area contributed by atoms with Crippen LogP contribution in [0, 0.1) is 11.6 Å². The summed E-state index contributed by atoms with van der Waals surface area (Å²) < 4.78 is 34.2. The molecule has 1 aliphatic rings. The largest absolute Gasteiger partial charge is 0.442 e. The standard InChI is InChI=1S/C20H19F2N5O4/c1-11(28)24-9-15-10-27(20(30)31-15)14-4-5-16(18(22)7-14)12-2-3-13(17(21)6-12)8-25-26-19(23)29/h2-8,15H,9-10H2,1H3,(H,24,28)(H3,23,26,29). The van der Waals surface area contributed by atoms with E-state index in [0.717, 1.165) is 18.3 Å². The fraction of sp³-hybridized carbons (Fsp3) is 0.200. The van der Waals surface area contributed by atoms with Crippen molar-refractivity contribution in [2.75, 3.05) is 18.0 Å². The van der Waals surface area contributed by atoms with E-state index in [2.05, 4.69) is 10.4 Å². The van der Waals surface area contributed by atoms with Gasteiger partial charge in [-0.2, -0.15) is 5.10 Å². The van der Waals surface area contributed by atoms with E-state index in [1.54, 1.807) is 0 Å². The molecular formula is C20H19F2N5O4. The van der Waals surface area contributed by atoms with Gasteiger partial charge in [-0.15, -0.1) is 0 Å². The SMILES string of the molecule is CC(=O)NCC1CN(c2ccc(-c3ccc(C=NNC(N)=O)c(F)c3)c(F)c2)C(=O)O1. The number of nitrogens with one attached hydrogen (secondary N) is 2. The topological polar surface area (TPSA) is 126 Å². The van der Waals surface area contributed by atoms with E-state index in [1.165, 1.54) is 36.1 Å². The second-order valence-corrected chi connectivity index (χ2v) is 6.69. The van der Waals surface area contributed by atoms with Crippen molar-refractivity contribution in [2.45, 2.75) is 13.0 Å². The number of carbonyl (C=O) groups excluding carboxylic acids is 3. The van der Waals surface area contributed by atoms with Crippen LogP contribution in [-0.4, -0.2) is 43.4 Å². The van der Waals surface area contributed by atoms with Gasteiger partial charge in [0.05, 0.1) is 25.0 Å². The van der Waals surface area contributed by atoms with Gasteiger partial charge in [0.15, 0.2) is 0 Å². The summed E-state index contributed by atoms with van der Waals surface area (Å²) in [5, 5.41) is 6.04. The summed E-state index contributed by atoms with van der Waals surface area (Å²) in [6.45, 7) is 1.66. The Bertz CT molecular complexity index is 1060. The number of amides is 4. The van der Waals surface area contributed by atoms with Crippen molar-refractivity contribution < 1.29 is 27.9 Å². The number of benzene rings is 2. The molecule has 2 aromatic rings. The number of ether oxygens (including phenoxy) is 1. The maximum atomic E-state index is 14.7. The molecule has 0 aromatic heterocycles. The Kier molecular flexibility index (Phi) is 6.43. The number of nitrogens with two attached hydrogens (primary N) is 1. The van der Waals surface area contributed by atoms with Crippen LogP contribution in [0.3, 0.4) is 0 Å². The molecule has 0 bridgehead atoms. The second-order valence-electron chi connectivity index (χ2n) is 6.69.